The Balaban J connectivity index is 2.09. The van der Waals surface area contributed by atoms with Gasteiger partial charge in [0.25, 0.3) is 5.91 Å². The average molecular weight is 477 g/mol. The van der Waals surface area contributed by atoms with Gasteiger partial charge in [0.2, 0.25) is 5.78 Å². The van der Waals surface area contributed by atoms with Crippen LogP contribution in [-0.4, -0.2) is 79.7 Å². The molecule has 1 aromatic rings. The van der Waals surface area contributed by atoms with Gasteiger partial charge < -0.3 is 31.3 Å². The van der Waals surface area contributed by atoms with Crippen LogP contribution in [0.1, 0.15) is 15.9 Å². The highest BCUT2D eigenvalue weighted by atomic mass is 35.5. The first-order chi connectivity index (χ1) is 15.3. The number of ketones is 2. The molecule has 0 aliphatic heterocycles. The number of rotatable bonds is 2. The van der Waals surface area contributed by atoms with Crippen LogP contribution >= 0.6 is 11.6 Å². The van der Waals surface area contributed by atoms with Crippen molar-refractivity contribution in [3.8, 4) is 5.75 Å². The summed E-state index contributed by atoms with van der Waals surface area (Å²) in [6.07, 6.45) is -1.75. The lowest BCUT2D eigenvalue weighted by atomic mass is 9.56. The number of aliphatic hydroxyl groups is 4. The van der Waals surface area contributed by atoms with E-state index >= 15 is 0 Å². The number of phenolic OH excluding ortho intramolecular Hbond substituents is 1. The zero-order valence-electron chi connectivity index (χ0n) is 17.5. The summed E-state index contributed by atoms with van der Waals surface area (Å²) in [6.45, 7) is 3.89. The van der Waals surface area contributed by atoms with Gasteiger partial charge in [-0.2, -0.15) is 0 Å². The second-order valence-corrected chi connectivity index (χ2v) is 8.96. The molecule has 0 saturated heterocycles. The van der Waals surface area contributed by atoms with E-state index in [2.05, 4.69) is 6.58 Å². The van der Waals surface area contributed by atoms with Crippen LogP contribution in [0.4, 0.5) is 0 Å². The van der Waals surface area contributed by atoms with Crippen molar-refractivity contribution in [2.75, 3.05) is 14.1 Å². The first-order valence-electron chi connectivity index (χ1n) is 9.81. The van der Waals surface area contributed by atoms with Gasteiger partial charge in [-0.15, -0.1) is 0 Å². The molecule has 0 spiro atoms. The van der Waals surface area contributed by atoms with Crippen LogP contribution in [0.3, 0.4) is 0 Å². The molecule has 174 valence electrons. The molecule has 5 atom stereocenters. The maximum Gasteiger partial charge on any atom is 0.255 e. The lowest BCUT2D eigenvalue weighted by Crippen LogP contribution is -2.68. The van der Waals surface area contributed by atoms with Crippen LogP contribution in [-0.2, 0) is 9.59 Å². The lowest BCUT2D eigenvalue weighted by molar-refractivity contribution is -0.159. The van der Waals surface area contributed by atoms with Gasteiger partial charge in [-0.3, -0.25) is 19.3 Å². The lowest BCUT2D eigenvalue weighted by Gasteiger charge is -2.52. The number of amides is 1. The van der Waals surface area contributed by atoms with E-state index in [1.54, 1.807) is 0 Å². The summed E-state index contributed by atoms with van der Waals surface area (Å²) in [6, 6.07) is 1.13. The molecule has 0 bridgehead atoms. The minimum Gasteiger partial charge on any atom is -0.510 e. The minimum absolute atomic E-state index is 0.0498. The average Bonchev–Trinajstić information content (AvgIpc) is 2.72. The normalized spacial score (nSPS) is 31.5. The number of halogens is 1. The van der Waals surface area contributed by atoms with E-state index < -0.39 is 75.5 Å². The topological polar surface area (TPSA) is 182 Å². The highest BCUT2D eigenvalue weighted by Crippen LogP contribution is 2.55. The van der Waals surface area contributed by atoms with Crippen molar-refractivity contribution in [2.45, 2.75) is 17.7 Å². The fourth-order valence-corrected chi connectivity index (χ4v) is 5.55. The third kappa shape index (κ3) is 2.69. The van der Waals surface area contributed by atoms with Gasteiger partial charge >= 0.3 is 0 Å². The summed E-state index contributed by atoms with van der Waals surface area (Å²) in [5, 5.41) is 55.1. The molecule has 10 nitrogen and oxygen atoms in total. The van der Waals surface area contributed by atoms with E-state index in [0.717, 1.165) is 6.07 Å². The van der Waals surface area contributed by atoms with Crippen molar-refractivity contribution < 1.29 is 39.9 Å². The quantitative estimate of drug-likeness (QED) is 0.325. The summed E-state index contributed by atoms with van der Waals surface area (Å²) in [5.74, 6) is -9.17. The Morgan fingerprint density at radius 2 is 1.79 bits per heavy atom. The molecule has 33 heavy (non-hydrogen) atoms. The standard InChI is InChI=1S/C22H21ClN2O8/c1-6-9-7(23)4-5-8(26)11(9)16(27)12-10(6)17(28)14-15(25(2)3)18(29)13(21(24)32)20(31)22(14,33)19(12)30/h4-5,10,14-15,17,26,28-30,33H,1H2,2-3H3,(H2,24,32)/t10-,14-,15+,17+,22+/m1/s1. The fourth-order valence-electron chi connectivity index (χ4n) is 5.27. The Bertz CT molecular complexity index is 1230. The number of phenols is 1. The summed E-state index contributed by atoms with van der Waals surface area (Å²) < 4.78 is 0. The summed E-state index contributed by atoms with van der Waals surface area (Å²) in [5.41, 5.74) is 0.528. The predicted molar refractivity (Wildman–Crippen MR) is 115 cm³/mol. The van der Waals surface area contributed by atoms with Gasteiger partial charge in [-0.25, -0.2) is 0 Å². The highest BCUT2D eigenvalue weighted by Gasteiger charge is 2.67. The highest BCUT2D eigenvalue weighted by molar-refractivity contribution is 6.34. The van der Waals surface area contributed by atoms with Crippen LogP contribution < -0.4 is 5.73 Å². The largest absolute Gasteiger partial charge is 0.510 e. The molecule has 0 fully saturated rings. The van der Waals surface area contributed by atoms with Gasteiger partial charge in [0.15, 0.2) is 11.4 Å². The van der Waals surface area contributed by atoms with E-state index in [4.69, 9.17) is 17.3 Å². The SMILES string of the molecule is C=C1c2c(Cl)ccc(O)c2C(=O)C2=C(O)[C@]3(O)C(=O)C(C(N)=O)=C(O)[C@@H](N(C)C)[C@@H]3[C@@H](O)[C@H]12. The Morgan fingerprint density at radius 1 is 1.18 bits per heavy atom. The van der Waals surface area contributed by atoms with Crippen molar-refractivity contribution in [3.05, 3.63) is 57.5 Å². The Hall–Kier alpha value is -3.18. The first-order valence-corrected chi connectivity index (χ1v) is 10.2. The molecule has 7 N–H and O–H groups in total. The molecule has 0 radical (unpaired) electrons. The first kappa shape index (κ1) is 23.0. The van der Waals surface area contributed by atoms with E-state index in [9.17, 15) is 39.9 Å². The van der Waals surface area contributed by atoms with Gasteiger partial charge in [-0.1, -0.05) is 18.2 Å². The number of aromatic hydroxyl groups is 1. The van der Waals surface area contributed by atoms with Crippen LogP contribution in [0, 0.1) is 11.8 Å². The molecule has 0 aromatic heterocycles. The molecular weight excluding hydrogens is 456 g/mol. The fraction of sp³-hybridized carbons (Fsp3) is 0.318. The number of hydrogen-bond donors (Lipinski definition) is 6. The maximum absolute atomic E-state index is 13.4. The maximum atomic E-state index is 13.4. The summed E-state index contributed by atoms with van der Waals surface area (Å²) in [4.78, 5) is 39.8. The monoisotopic (exact) mass is 476 g/mol. The molecule has 4 rings (SSSR count). The van der Waals surface area contributed by atoms with Crippen LogP contribution in [0.2, 0.25) is 5.02 Å². The number of fused-ring (bicyclic) bond motifs is 3. The number of benzene rings is 1. The molecule has 1 aromatic carbocycles. The molecule has 0 unspecified atom stereocenters. The Morgan fingerprint density at radius 3 is 2.33 bits per heavy atom. The van der Waals surface area contributed by atoms with E-state index in [0.29, 0.717) is 0 Å². The van der Waals surface area contributed by atoms with Gasteiger partial charge in [0.1, 0.15) is 22.8 Å². The molecular formula is C22H21ClN2O8. The summed E-state index contributed by atoms with van der Waals surface area (Å²) in [7, 11) is 2.90. The second kappa shape index (κ2) is 7.16. The Kier molecular flexibility index (Phi) is 4.99. The van der Waals surface area contributed by atoms with Crippen molar-refractivity contribution in [3.63, 3.8) is 0 Å². The van der Waals surface area contributed by atoms with Crippen LogP contribution in [0.5, 0.6) is 5.75 Å². The van der Waals surface area contributed by atoms with Gasteiger partial charge in [-0.05, 0) is 31.8 Å². The van der Waals surface area contributed by atoms with E-state index in [-0.39, 0.29) is 21.7 Å². The van der Waals surface area contributed by atoms with Crippen LogP contribution in [0.15, 0.2) is 41.4 Å². The number of nitrogens with zero attached hydrogens (tertiary/aromatic N) is 1. The predicted octanol–water partition coefficient (Wildman–Crippen LogP) is 0.216. The number of Topliss-reactive ketones (excluding diaryl/α,β-unsaturated/α-hetero) is 2. The second-order valence-electron chi connectivity index (χ2n) is 8.56. The number of primary amides is 1. The molecule has 0 saturated carbocycles. The zero-order chi connectivity index (χ0) is 24.7. The summed E-state index contributed by atoms with van der Waals surface area (Å²) >= 11 is 6.24. The number of aliphatic hydroxyl groups excluding tert-OH is 3. The van der Waals surface area contributed by atoms with E-state index in [1.807, 2.05) is 0 Å². The minimum atomic E-state index is -2.97. The van der Waals surface area contributed by atoms with Crippen molar-refractivity contribution in [2.24, 2.45) is 17.6 Å². The molecule has 3 aliphatic rings. The van der Waals surface area contributed by atoms with Gasteiger partial charge in [0.05, 0.1) is 29.2 Å². The third-order valence-electron chi connectivity index (χ3n) is 6.67. The molecule has 3 aliphatic carbocycles. The van der Waals surface area contributed by atoms with E-state index in [1.165, 1.54) is 25.1 Å². The number of carbonyl (C=O) groups excluding carboxylic acids is 3. The molecule has 11 heteroatoms. The molecule has 1 amide bonds. The number of carbonyl (C=O) groups is 3. The van der Waals surface area contributed by atoms with Gasteiger partial charge in [0, 0.05) is 16.5 Å². The van der Waals surface area contributed by atoms with Crippen LogP contribution in [0.25, 0.3) is 5.57 Å². The number of hydrogen-bond acceptors (Lipinski definition) is 9. The third-order valence-corrected chi connectivity index (χ3v) is 6.99. The zero-order valence-corrected chi connectivity index (χ0v) is 18.3. The number of likely N-dealkylation sites (N-methyl/N-ethyl adjacent to an activating group) is 1. The number of nitrogens with two attached hydrogens (primary N) is 1. The smallest absolute Gasteiger partial charge is 0.255 e. The Labute approximate surface area is 192 Å². The van der Waals surface area contributed by atoms with Crippen molar-refractivity contribution in [1.29, 1.82) is 0 Å². The molecule has 0 heterocycles. The van der Waals surface area contributed by atoms with Crippen molar-refractivity contribution in [1.82, 2.24) is 4.90 Å². The van der Waals surface area contributed by atoms with Crippen molar-refractivity contribution >= 4 is 34.6 Å².